The number of ether oxygens (including phenoxy) is 5. The lowest BCUT2D eigenvalue weighted by molar-refractivity contribution is -0.111. The van der Waals surface area contributed by atoms with E-state index in [0.29, 0.717) is 40.0 Å². The van der Waals surface area contributed by atoms with E-state index in [1.165, 1.54) is 13.2 Å². The van der Waals surface area contributed by atoms with Crippen molar-refractivity contribution >= 4 is 40.7 Å². The summed E-state index contributed by atoms with van der Waals surface area (Å²) in [4.78, 5) is 16.2. The highest BCUT2D eigenvalue weighted by molar-refractivity contribution is 6.06. The molecule has 0 spiro atoms. The maximum atomic E-state index is 13.0. The number of carbonyl (C=O) groups is 1. The molecule has 0 fully saturated rings. The molecule has 1 amide bonds. The van der Waals surface area contributed by atoms with Gasteiger partial charge in [0.1, 0.15) is 0 Å². The first-order valence-electron chi connectivity index (χ1n) is 11.8. The van der Waals surface area contributed by atoms with E-state index in [0.717, 1.165) is 22.0 Å². The first-order chi connectivity index (χ1) is 18.5. The van der Waals surface area contributed by atoms with E-state index in [2.05, 4.69) is 10.3 Å². The maximum Gasteiger partial charge on any atom is 0.248 e. The molecule has 8 heteroatoms. The zero-order chi connectivity index (χ0) is 27.1. The number of hydrogen-bond acceptors (Lipinski definition) is 6. The highest BCUT2D eigenvalue weighted by atomic mass is 16.5. The second-order valence-electron chi connectivity index (χ2n) is 8.17. The molecule has 0 unspecified atom stereocenters. The number of benzene rings is 3. The van der Waals surface area contributed by atoms with Gasteiger partial charge in [-0.1, -0.05) is 30.4 Å². The molecule has 8 nitrogen and oxygen atoms in total. The molecule has 0 aliphatic heterocycles. The largest absolute Gasteiger partial charge is 0.493 e. The fourth-order valence-corrected chi connectivity index (χ4v) is 4.16. The monoisotopic (exact) mass is 514 g/mol. The van der Waals surface area contributed by atoms with E-state index >= 15 is 0 Å². The molecule has 196 valence electrons. The number of amides is 1. The standard InChI is InChI=1S/C30H30N2O6/c1-34-24-14-12-20(11-10-19-16-25(35-2)29(37-4)26(17-19)36-3)28(30(24)38-5)32-27(33)15-13-21-18-31-23-9-7-6-8-22(21)23/h6-18,31H,1-5H3,(H,32,33)/b11-10?,15-13+. The van der Waals surface area contributed by atoms with Crippen LogP contribution in [0, 0.1) is 0 Å². The summed E-state index contributed by atoms with van der Waals surface area (Å²) in [5, 5.41) is 3.99. The van der Waals surface area contributed by atoms with Crippen LogP contribution in [0.4, 0.5) is 5.69 Å². The molecule has 0 saturated carbocycles. The van der Waals surface area contributed by atoms with Crippen LogP contribution in [-0.4, -0.2) is 46.4 Å². The van der Waals surface area contributed by atoms with E-state index in [1.54, 1.807) is 40.6 Å². The number of aromatic nitrogens is 1. The van der Waals surface area contributed by atoms with Gasteiger partial charge >= 0.3 is 0 Å². The van der Waals surface area contributed by atoms with Crippen LogP contribution in [0.25, 0.3) is 29.1 Å². The Balaban J connectivity index is 1.67. The summed E-state index contributed by atoms with van der Waals surface area (Å²) in [5.74, 6) is 2.17. The smallest absolute Gasteiger partial charge is 0.248 e. The van der Waals surface area contributed by atoms with Gasteiger partial charge in [0.2, 0.25) is 11.7 Å². The van der Waals surface area contributed by atoms with Crippen molar-refractivity contribution in [2.75, 3.05) is 40.9 Å². The van der Waals surface area contributed by atoms with Gasteiger partial charge in [-0.2, -0.15) is 0 Å². The molecule has 0 saturated heterocycles. The number of H-pyrrole nitrogens is 1. The number of methoxy groups -OCH3 is 5. The topological polar surface area (TPSA) is 91.0 Å². The number of anilines is 1. The van der Waals surface area contributed by atoms with Crippen molar-refractivity contribution in [2.24, 2.45) is 0 Å². The molecule has 2 N–H and O–H groups in total. The summed E-state index contributed by atoms with van der Waals surface area (Å²) in [5.41, 5.74) is 3.91. The highest BCUT2D eigenvalue weighted by Crippen LogP contribution is 2.41. The quantitative estimate of drug-likeness (QED) is 0.198. The predicted molar refractivity (Wildman–Crippen MR) is 151 cm³/mol. The van der Waals surface area contributed by atoms with Gasteiger partial charge in [0.25, 0.3) is 0 Å². The van der Waals surface area contributed by atoms with Crippen molar-refractivity contribution in [3.8, 4) is 28.7 Å². The summed E-state index contributed by atoms with van der Waals surface area (Å²) in [6.45, 7) is 0. The Morgan fingerprint density at radius 2 is 1.42 bits per heavy atom. The molecule has 0 atom stereocenters. The van der Waals surface area contributed by atoms with Crippen LogP contribution in [0.5, 0.6) is 28.7 Å². The average Bonchev–Trinajstić information content (AvgIpc) is 3.37. The lowest BCUT2D eigenvalue weighted by atomic mass is 10.1. The van der Waals surface area contributed by atoms with Crippen LogP contribution < -0.4 is 29.0 Å². The highest BCUT2D eigenvalue weighted by Gasteiger charge is 2.16. The number of hydrogen-bond donors (Lipinski definition) is 2. The van der Waals surface area contributed by atoms with Crippen molar-refractivity contribution in [3.63, 3.8) is 0 Å². The molecule has 0 bridgehead atoms. The molecular formula is C30H30N2O6. The Hall–Kier alpha value is -4.85. The Morgan fingerprint density at radius 1 is 0.737 bits per heavy atom. The number of carbonyl (C=O) groups excluding carboxylic acids is 1. The third-order valence-electron chi connectivity index (χ3n) is 6.00. The molecule has 3 aromatic carbocycles. The van der Waals surface area contributed by atoms with Gasteiger partial charge in [-0.3, -0.25) is 4.79 Å². The van der Waals surface area contributed by atoms with Gasteiger partial charge in [-0.25, -0.2) is 0 Å². The summed E-state index contributed by atoms with van der Waals surface area (Å²) < 4.78 is 27.4. The molecule has 0 aliphatic carbocycles. The third kappa shape index (κ3) is 5.44. The minimum atomic E-state index is -0.315. The second-order valence-corrected chi connectivity index (χ2v) is 8.17. The van der Waals surface area contributed by atoms with Gasteiger partial charge in [-0.15, -0.1) is 0 Å². The average molecular weight is 515 g/mol. The molecule has 4 rings (SSSR count). The number of para-hydroxylation sites is 1. The van der Waals surface area contributed by atoms with Crippen LogP contribution >= 0.6 is 0 Å². The molecule has 4 aromatic rings. The Labute approximate surface area is 221 Å². The van der Waals surface area contributed by atoms with E-state index in [1.807, 2.05) is 60.8 Å². The molecule has 0 aliphatic rings. The van der Waals surface area contributed by atoms with E-state index in [4.69, 9.17) is 23.7 Å². The zero-order valence-corrected chi connectivity index (χ0v) is 22.0. The van der Waals surface area contributed by atoms with E-state index in [-0.39, 0.29) is 5.91 Å². The van der Waals surface area contributed by atoms with Crippen molar-refractivity contribution in [2.45, 2.75) is 0 Å². The SMILES string of the molecule is COc1cc(C=Cc2ccc(OC)c(OC)c2NC(=O)/C=C/c2c[nH]c3ccccc23)cc(OC)c1OC. The van der Waals surface area contributed by atoms with E-state index in [9.17, 15) is 4.79 Å². The van der Waals surface area contributed by atoms with Crippen LogP contribution in [0.1, 0.15) is 16.7 Å². The second kappa shape index (κ2) is 11.9. The van der Waals surface area contributed by atoms with Crippen molar-refractivity contribution in [3.05, 3.63) is 77.5 Å². The molecule has 0 radical (unpaired) electrons. The number of aromatic amines is 1. The summed E-state index contributed by atoms with van der Waals surface area (Å²) in [7, 11) is 7.77. The minimum absolute atomic E-state index is 0.315. The molecule has 1 aromatic heterocycles. The predicted octanol–water partition coefficient (Wildman–Crippen LogP) is 6.03. The van der Waals surface area contributed by atoms with Gasteiger partial charge in [-0.05, 0) is 47.5 Å². The normalized spacial score (nSPS) is 11.2. The third-order valence-corrected chi connectivity index (χ3v) is 6.00. The van der Waals surface area contributed by atoms with Crippen LogP contribution in [0.15, 0.2) is 60.8 Å². The zero-order valence-electron chi connectivity index (χ0n) is 22.0. The van der Waals surface area contributed by atoms with Gasteiger partial charge < -0.3 is 34.0 Å². The van der Waals surface area contributed by atoms with Crippen molar-refractivity contribution < 1.29 is 28.5 Å². The first kappa shape index (κ1) is 26.2. The molecular weight excluding hydrogens is 484 g/mol. The fourth-order valence-electron chi connectivity index (χ4n) is 4.16. The summed E-state index contributed by atoms with van der Waals surface area (Å²) in [6, 6.07) is 15.2. The van der Waals surface area contributed by atoms with Gasteiger partial charge in [0.05, 0.1) is 41.2 Å². The first-order valence-corrected chi connectivity index (χ1v) is 11.8. The van der Waals surface area contributed by atoms with Crippen LogP contribution in [0.2, 0.25) is 0 Å². The van der Waals surface area contributed by atoms with Gasteiger partial charge in [0.15, 0.2) is 23.0 Å². The van der Waals surface area contributed by atoms with Crippen molar-refractivity contribution in [1.29, 1.82) is 0 Å². The van der Waals surface area contributed by atoms with Crippen molar-refractivity contribution in [1.82, 2.24) is 4.98 Å². The molecule has 1 heterocycles. The lowest BCUT2D eigenvalue weighted by Gasteiger charge is -2.16. The summed E-state index contributed by atoms with van der Waals surface area (Å²) in [6.07, 6.45) is 8.87. The number of fused-ring (bicyclic) bond motifs is 1. The number of nitrogens with one attached hydrogen (secondary N) is 2. The van der Waals surface area contributed by atoms with Gasteiger partial charge in [0, 0.05) is 28.7 Å². The van der Waals surface area contributed by atoms with Crippen LogP contribution in [0.3, 0.4) is 0 Å². The van der Waals surface area contributed by atoms with E-state index < -0.39 is 0 Å². The van der Waals surface area contributed by atoms with Crippen LogP contribution in [-0.2, 0) is 4.79 Å². The Bertz CT molecular complexity index is 1480. The Kier molecular flexibility index (Phi) is 8.23. The summed E-state index contributed by atoms with van der Waals surface area (Å²) >= 11 is 0. The molecule has 38 heavy (non-hydrogen) atoms. The number of rotatable bonds is 10. The fraction of sp³-hybridized carbons (Fsp3) is 0.167. The minimum Gasteiger partial charge on any atom is -0.493 e. The lowest BCUT2D eigenvalue weighted by Crippen LogP contribution is -2.11. The Morgan fingerprint density at radius 3 is 2.08 bits per heavy atom. The maximum absolute atomic E-state index is 13.0.